The van der Waals surface area contributed by atoms with Crippen LogP contribution in [-0.2, 0) is 15.7 Å². The van der Waals surface area contributed by atoms with Gasteiger partial charge in [-0.25, -0.2) is 9.18 Å². The Bertz CT molecular complexity index is 765. The molecule has 0 fully saturated rings. The van der Waals surface area contributed by atoms with Crippen LogP contribution < -0.4 is 5.32 Å². The molecule has 0 saturated carbocycles. The maximum atomic E-state index is 14.3. The second-order valence-electron chi connectivity index (χ2n) is 9.42. The van der Waals surface area contributed by atoms with E-state index < -0.39 is 41.0 Å². The summed E-state index contributed by atoms with van der Waals surface area (Å²) in [6.45, 7) is 5.75. The summed E-state index contributed by atoms with van der Waals surface area (Å²) in [4.78, 5) is 24.9. The molecule has 0 aromatic heterocycles. The van der Waals surface area contributed by atoms with Gasteiger partial charge < -0.3 is 10.1 Å². The lowest BCUT2D eigenvalue weighted by molar-refractivity contribution is -0.147. The van der Waals surface area contributed by atoms with Crippen LogP contribution in [0, 0.1) is 11.7 Å². The van der Waals surface area contributed by atoms with E-state index in [9.17, 15) is 27.2 Å². The molecule has 0 radical (unpaired) electrons. The number of amides is 1. The van der Waals surface area contributed by atoms with Gasteiger partial charge in [0.15, 0.2) is 0 Å². The lowest BCUT2D eigenvalue weighted by Gasteiger charge is -2.21. The van der Waals surface area contributed by atoms with Crippen molar-refractivity contribution in [3.05, 3.63) is 35.1 Å². The van der Waals surface area contributed by atoms with Gasteiger partial charge in [-0.05, 0) is 24.5 Å². The molecular weight excluding hydrogens is 462 g/mol. The van der Waals surface area contributed by atoms with Crippen molar-refractivity contribution in [2.75, 3.05) is 6.61 Å². The van der Waals surface area contributed by atoms with Crippen LogP contribution in [-0.4, -0.2) is 24.5 Å². The molecule has 1 amide bonds. The van der Waals surface area contributed by atoms with E-state index in [2.05, 4.69) is 12.2 Å². The molecule has 8 heteroatoms. The van der Waals surface area contributed by atoms with Gasteiger partial charge in [0.2, 0.25) is 0 Å². The van der Waals surface area contributed by atoms with Crippen molar-refractivity contribution in [2.45, 2.75) is 110 Å². The normalized spacial score (nSPS) is 12.6. The van der Waals surface area contributed by atoms with Crippen molar-refractivity contribution in [1.29, 1.82) is 0 Å². The van der Waals surface area contributed by atoms with Gasteiger partial charge in [0, 0.05) is 0 Å². The monoisotopic (exact) mass is 503 g/mol. The highest BCUT2D eigenvalue weighted by Crippen LogP contribution is 2.32. The van der Waals surface area contributed by atoms with Crippen molar-refractivity contribution >= 4 is 11.9 Å². The van der Waals surface area contributed by atoms with Crippen LogP contribution in [0.1, 0.15) is 114 Å². The Labute approximate surface area is 207 Å². The Balaban J connectivity index is 2.36. The van der Waals surface area contributed by atoms with Gasteiger partial charge in [-0.1, -0.05) is 97.5 Å². The molecule has 0 saturated heterocycles. The van der Waals surface area contributed by atoms with E-state index in [-0.39, 0.29) is 12.5 Å². The second kappa shape index (κ2) is 16.5. The van der Waals surface area contributed by atoms with Crippen molar-refractivity contribution in [3.8, 4) is 0 Å². The molecule has 200 valence electrons. The number of unbranched alkanes of at least 4 members (excludes halogenated alkanes) is 11. The first-order valence-electron chi connectivity index (χ1n) is 12.9. The average molecular weight is 504 g/mol. The highest BCUT2D eigenvalue weighted by molar-refractivity contribution is 5.97. The molecular formula is C27H41F4NO3. The van der Waals surface area contributed by atoms with Gasteiger partial charge in [0.25, 0.3) is 5.91 Å². The SMILES string of the molecule is CCCCCCCCCCCCCCOC(=O)C(NC(=O)c1cccc(C(F)(F)F)c1F)C(C)C. The number of carbonyl (C=O) groups excluding carboxylic acids is 2. The van der Waals surface area contributed by atoms with Crippen LogP contribution in [0.15, 0.2) is 18.2 Å². The zero-order valence-corrected chi connectivity index (χ0v) is 21.3. The largest absolute Gasteiger partial charge is 0.464 e. The van der Waals surface area contributed by atoms with E-state index in [4.69, 9.17) is 4.74 Å². The fourth-order valence-electron chi connectivity index (χ4n) is 3.85. The van der Waals surface area contributed by atoms with Gasteiger partial charge in [0.1, 0.15) is 11.9 Å². The third kappa shape index (κ3) is 11.9. The van der Waals surface area contributed by atoms with Gasteiger partial charge in [-0.3, -0.25) is 4.79 Å². The first-order chi connectivity index (χ1) is 16.6. The zero-order chi connectivity index (χ0) is 26.3. The minimum Gasteiger partial charge on any atom is -0.464 e. The Morgan fingerprint density at radius 1 is 0.886 bits per heavy atom. The summed E-state index contributed by atoms with van der Waals surface area (Å²) in [5.41, 5.74) is -2.29. The number of ether oxygens (including phenoxy) is 1. The maximum absolute atomic E-state index is 14.3. The Morgan fingerprint density at radius 2 is 1.40 bits per heavy atom. The maximum Gasteiger partial charge on any atom is 0.419 e. The molecule has 1 aromatic carbocycles. The fourth-order valence-corrected chi connectivity index (χ4v) is 3.85. The molecule has 0 aliphatic heterocycles. The van der Waals surface area contributed by atoms with Crippen LogP contribution in [0.2, 0.25) is 0 Å². The van der Waals surface area contributed by atoms with E-state index in [1.54, 1.807) is 13.8 Å². The average Bonchev–Trinajstić information content (AvgIpc) is 2.79. The standard InChI is InChI=1S/C27H41F4NO3/c1-4-5-6-7-8-9-10-11-12-13-14-15-19-35-26(34)24(20(2)3)32-25(33)21-17-16-18-22(23(21)28)27(29,30)31/h16-18,20,24H,4-15,19H2,1-3H3,(H,32,33). The molecule has 1 unspecified atom stereocenters. The van der Waals surface area contributed by atoms with Crippen molar-refractivity contribution < 1.29 is 31.9 Å². The molecule has 4 nitrogen and oxygen atoms in total. The lowest BCUT2D eigenvalue weighted by atomic mass is 10.0. The molecule has 1 N–H and O–H groups in total. The highest BCUT2D eigenvalue weighted by Gasteiger charge is 2.36. The predicted octanol–water partition coefficient (Wildman–Crippen LogP) is 7.84. The van der Waals surface area contributed by atoms with Crippen LogP contribution in [0.25, 0.3) is 0 Å². The molecule has 0 aliphatic rings. The van der Waals surface area contributed by atoms with Crippen LogP contribution in [0.5, 0.6) is 0 Å². The third-order valence-electron chi connectivity index (χ3n) is 6.00. The minimum atomic E-state index is -4.93. The summed E-state index contributed by atoms with van der Waals surface area (Å²) in [5.74, 6) is -3.81. The summed E-state index contributed by atoms with van der Waals surface area (Å²) in [7, 11) is 0. The fraction of sp³-hybridized carbons (Fsp3) is 0.704. The van der Waals surface area contributed by atoms with Gasteiger partial charge in [0.05, 0.1) is 17.7 Å². The van der Waals surface area contributed by atoms with Gasteiger partial charge in [-0.15, -0.1) is 0 Å². The Kier molecular flexibility index (Phi) is 14.6. The van der Waals surface area contributed by atoms with E-state index in [0.29, 0.717) is 12.5 Å². The van der Waals surface area contributed by atoms with Crippen LogP contribution in [0.3, 0.4) is 0 Å². The lowest BCUT2D eigenvalue weighted by Crippen LogP contribution is -2.45. The summed E-state index contributed by atoms with van der Waals surface area (Å²) in [6.07, 6.45) is 9.22. The number of halogens is 4. The Hall–Kier alpha value is -2.12. The van der Waals surface area contributed by atoms with Crippen LogP contribution >= 0.6 is 0 Å². The molecule has 0 bridgehead atoms. The molecule has 1 atom stereocenters. The summed E-state index contributed by atoms with van der Waals surface area (Å²) >= 11 is 0. The Morgan fingerprint density at radius 3 is 1.89 bits per heavy atom. The van der Waals surface area contributed by atoms with Crippen LogP contribution in [0.4, 0.5) is 17.6 Å². The van der Waals surface area contributed by atoms with Crippen molar-refractivity contribution in [3.63, 3.8) is 0 Å². The van der Waals surface area contributed by atoms with Crippen molar-refractivity contribution in [1.82, 2.24) is 5.32 Å². The van der Waals surface area contributed by atoms with E-state index >= 15 is 0 Å². The topological polar surface area (TPSA) is 55.4 Å². The number of esters is 1. The zero-order valence-electron chi connectivity index (χ0n) is 21.3. The quantitative estimate of drug-likeness (QED) is 0.134. The number of hydrogen-bond acceptors (Lipinski definition) is 3. The number of nitrogens with one attached hydrogen (secondary N) is 1. The number of rotatable bonds is 17. The number of benzene rings is 1. The first kappa shape index (κ1) is 30.9. The summed E-state index contributed by atoms with van der Waals surface area (Å²) in [5, 5.41) is 2.33. The predicted molar refractivity (Wildman–Crippen MR) is 130 cm³/mol. The van der Waals surface area contributed by atoms with Gasteiger partial charge >= 0.3 is 12.1 Å². The molecule has 0 spiro atoms. The summed E-state index contributed by atoms with van der Waals surface area (Å²) < 4.78 is 58.3. The third-order valence-corrected chi connectivity index (χ3v) is 6.00. The summed E-state index contributed by atoms with van der Waals surface area (Å²) in [6, 6.07) is 1.38. The van der Waals surface area contributed by atoms with E-state index in [0.717, 1.165) is 31.4 Å². The molecule has 1 aromatic rings. The second-order valence-corrected chi connectivity index (χ2v) is 9.42. The molecule has 35 heavy (non-hydrogen) atoms. The number of carbonyl (C=O) groups is 2. The van der Waals surface area contributed by atoms with Crippen molar-refractivity contribution in [2.24, 2.45) is 5.92 Å². The van der Waals surface area contributed by atoms with Gasteiger partial charge in [-0.2, -0.15) is 13.2 Å². The highest BCUT2D eigenvalue weighted by atomic mass is 19.4. The minimum absolute atomic E-state index is 0.202. The van der Waals surface area contributed by atoms with E-state index in [1.165, 1.54) is 51.4 Å². The number of hydrogen-bond donors (Lipinski definition) is 1. The smallest absolute Gasteiger partial charge is 0.419 e. The number of alkyl halides is 3. The molecule has 0 heterocycles. The van der Waals surface area contributed by atoms with E-state index in [1.807, 2.05) is 0 Å². The first-order valence-corrected chi connectivity index (χ1v) is 12.9. The molecule has 1 rings (SSSR count). The molecule has 0 aliphatic carbocycles.